The SMILES string of the molecule is O=C(NCc1ccc(F)cc1)c1ccc(-c2ccc3nc(Nc4ccc(C(=O)N5CCOCC5)cc4C(F)(F)F)nn3c2)cc1. The van der Waals surface area contributed by atoms with Gasteiger partial charge in [0.1, 0.15) is 5.82 Å². The zero-order chi connectivity index (χ0) is 31.6. The van der Waals surface area contributed by atoms with Crippen LogP contribution in [0.2, 0.25) is 0 Å². The number of aromatic nitrogens is 3. The van der Waals surface area contributed by atoms with Crippen LogP contribution in [0, 0.1) is 5.82 Å². The summed E-state index contributed by atoms with van der Waals surface area (Å²) >= 11 is 0. The van der Waals surface area contributed by atoms with Crippen molar-refractivity contribution in [2.75, 3.05) is 31.6 Å². The lowest BCUT2D eigenvalue weighted by atomic mass is 10.1. The number of morpholine rings is 1. The van der Waals surface area contributed by atoms with E-state index in [-0.39, 0.29) is 35.5 Å². The molecule has 230 valence electrons. The number of nitrogens with one attached hydrogen (secondary N) is 2. The van der Waals surface area contributed by atoms with Gasteiger partial charge in [-0.1, -0.05) is 24.3 Å². The predicted molar refractivity (Wildman–Crippen MR) is 157 cm³/mol. The zero-order valence-corrected chi connectivity index (χ0v) is 23.6. The van der Waals surface area contributed by atoms with E-state index in [1.807, 2.05) is 0 Å². The maximum atomic E-state index is 14.0. The summed E-state index contributed by atoms with van der Waals surface area (Å²) in [4.78, 5) is 31.1. The number of anilines is 2. The van der Waals surface area contributed by atoms with Crippen molar-refractivity contribution >= 4 is 29.1 Å². The molecule has 1 aliphatic heterocycles. The van der Waals surface area contributed by atoms with Gasteiger partial charge in [-0.15, -0.1) is 5.10 Å². The third kappa shape index (κ3) is 6.78. The van der Waals surface area contributed by atoms with Crippen molar-refractivity contribution in [2.45, 2.75) is 12.7 Å². The molecule has 0 saturated carbocycles. The van der Waals surface area contributed by atoms with Crippen molar-refractivity contribution in [1.82, 2.24) is 24.8 Å². The van der Waals surface area contributed by atoms with Crippen LogP contribution in [0.25, 0.3) is 16.8 Å². The Kier molecular flexibility index (Phi) is 8.18. The van der Waals surface area contributed by atoms with E-state index in [0.29, 0.717) is 37.5 Å². The van der Waals surface area contributed by atoms with E-state index in [0.717, 1.165) is 22.8 Å². The number of nitrogens with zero attached hydrogens (tertiary/aromatic N) is 4. The minimum atomic E-state index is -4.74. The van der Waals surface area contributed by atoms with Crippen LogP contribution in [0.5, 0.6) is 0 Å². The number of benzene rings is 3. The minimum Gasteiger partial charge on any atom is -0.378 e. The molecule has 9 nitrogen and oxygen atoms in total. The summed E-state index contributed by atoms with van der Waals surface area (Å²) in [5.41, 5.74) is 1.74. The molecule has 2 aromatic heterocycles. The number of halogens is 4. The van der Waals surface area contributed by atoms with Gasteiger partial charge in [0.15, 0.2) is 5.65 Å². The fraction of sp³-hybridized carbons (Fsp3) is 0.188. The number of hydrogen-bond acceptors (Lipinski definition) is 6. The van der Waals surface area contributed by atoms with Gasteiger partial charge >= 0.3 is 6.18 Å². The van der Waals surface area contributed by atoms with Crippen LogP contribution in [0.3, 0.4) is 0 Å². The average Bonchev–Trinajstić information content (AvgIpc) is 3.46. The largest absolute Gasteiger partial charge is 0.418 e. The van der Waals surface area contributed by atoms with Crippen LogP contribution in [0.4, 0.5) is 29.2 Å². The molecule has 0 unspecified atom stereocenters. The average molecular weight is 619 g/mol. The van der Waals surface area contributed by atoms with E-state index in [1.165, 1.54) is 33.7 Å². The number of pyridine rings is 1. The molecule has 45 heavy (non-hydrogen) atoms. The molecule has 2 N–H and O–H groups in total. The van der Waals surface area contributed by atoms with Crippen LogP contribution >= 0.6 is 0 Å². The van der Waals surface area contributed by atoms with Gasteiger partial charge in [-0.25, -0.2) is 8.91 Å². The van der Waals surface area contributed by atoms with Gasteiger partial charge in [-0.3, -0.25) is 9.59 Å². The Balaban J connectivity index is 1.17. The highest BCUT2D eigenvalue weighted by molar-refractivity contribution is 5.95. The quantitative estimate of drug-likeness (QED) is 0.227. The highest BCUT2D eigenvalue weighted by Gasteiger charge is 2.35. The summed E-state index contributed by atoms with van der Waals surface area (Å²) in [6.45, 7) is 1.54. The first-order valence-electron chi connectivity index (χ1n) is 14.0. The fourth-order valence-electron chi connectivity index (χ4n) is 4.90. The number of ether oxygens (including phenoxy) is 1. The smallest absolute Gasteiger partial charge is 0.378 e. The van der Waals surface area contributed by atoms with E-state index in [1.54, 1.807) is 54.7 Å². The van der Waals surface area contributed by atoms with E-state index < -0.39 is 17.6 Å². The summed E-state index contributed by atoms with van der Waals surface area (Å²) in [5.74, 6) is -1.19. The molecule has 0 bridgehead atoms. The standard InChI is InChI=1S/C32H26F4N6O3/c33-25-9-1-20(2-10-25)18-37-29(43)22-5-3-21(4-6-22)24-8-12-28-39-31(40-42(28)19-24)38-27-11-7-23(17-26(27)32(34,35)36)30(44)41-13-15-45-16-14-41/h1-12,17,19H,13-16,18H2,(H,37,43)(H,38,40). The Hall–Kier alpha value is -5.30. The van der Waals surface area contributed by atoms with Gasteiger partial charge < -0.3 is 20.3 Å². The second-order valence-electron chi connectivity index (χ2n) is 10.3. The molecule has 5 aromatic rings. The molecule has 1 aliphatic rings. The predicted octanol–water partition coefficient (Wildman–Crippen LogP) is 5.70. The second-order valence-corrected chi connectivity index (χ2v) is 10.3. The first-order valence-corrected chi connectivity index (χ1v) is 14.0. The van der Waals surface area contributed by atoms with Crippen LogP contribution in [0.1, 0.15) is 31.8 Å². The Morgan fingerprint density at radius 2 is 1.56 bits per heavy atom. The lowest BCUT2D eigenvalue weighted by Gasteiger charge is -2.27. The number of hydrogen-bond donors (Lipinski definition) is 2. The molecule has 3 heterocycles. The Labute approximate surface area is 254 Å². The van der Waals surface area contributed by atoms with Crippen molar-refractivity contribution in [2.24, 2.45) is 0 Å². The second kappa shape index (κ2) is 12.4. The number of carbonyl (C=O) groups excluding carboxylic acids is 2. The number of amides is 2. The summed E-state index contributed by atoms with van der Waals surface area (Å²) in [7, 11) is 0. The maximum absolute atomic E-state index is 14.0. The molecule has 1 saturated heterocycles. The van der Waals surface area contributed by atoms with Gasteiger partial charge in [0.25, 0.3) is 11.8 Å². The van der Waals surface area contributed by atoms with Crippen LogP contribution in [-0.2, 0) is 17.5 Å². The van der Waals surface area contributed by atoms with E-state index in [9.17, 15) is 27.2 Å². The van der Waals surface area contributed by atoms with E-state index >= 15 is 0 Å². The van der Waals surface area contributed by atoms with Gasteiger partial charge in [0.05, 0.1) is 24.5 Å². The van der Waals surface area contributed by atoms with Crippen molar-refractivity contribution in [3.05, 3.63) is 113 Å². The normalized spacial score (nSPS) is 13.6. The molecule has 0 aliphatic carbocycles. The Morgan fingerprint density at radius 3 is 2.27 bits per heavy atom. The monoisotopic (exact) mass is 618 g/mol. The summed E-state index contributed by atoms with van der Waals surface area (Å²) in [5, 5.41) is 9.74. The number of fused-ring (bicyclic) bond motifs is 1. The van der Waals surface area contributed by atoms with Crippen LogP contribution in [-0.4, -0.2) is 57.6 Å². The molecule has 2 amide bonds. The van der Waals surface area contributed by atoms with Gasteiger partial charge in [0.2, 0.25) is 5.95 Å². The summed E-state index contributed by atoms with van der Waals surface area (Å²) < 4.78 is 61.8. The Bertz CT molecular complexity index is 1850. The van der Waals surface area contributed by atoms with Crippen LogP contribution in [0.15, 0.2) is 85.1 Å². The van der Waals surface area contributed by atoms with Crippen molar-refractivity contribution < 1.29 is 31.9 Å². The van der Waals surface area contributed by atoms with Crippen molar-refractivity contribution in [3.63, 3.8) is 0 Å². The van der Waals surface area contributed by atoms with Crippen molar-refractivity contribution in [3.8, 4) is 11.1 Å². The van der Waals surface area contributed by atoms with Gasteiger partial charge in [-0.05, 0) is 65.7 Å². The molecule has 1 fully saturated rings. The third-order valence-electron chi connectivity index (χ3n) is 7.29. The number of rotatable bonds is 7. The molecule has 0 spiro atoms. The molecular formula is C32H26F4N6O3. The lowest BCUT2D eigenvalue weighted by Crippen LogP contribution is -2.40. The van der Waals surface area contributed by atoms with E-state index in [4.69, 9.17) is 4.74 Å². The van der Waals surface area contributed by atoms with E-state index in [2.05, 4.69) is 20.7 Å². The molecular weight excluding hydrogens is 592 g/mol. The molecule has 3 aromatic carbocycles. The lowest BCUT2D eigenvalue weighted by molar-refractivity contribution is -0.136. The van der Waals surface area contributed by atoms with Crippen molar-refractivity contribution in [1.29, 1.82) is 0 Å². The molecule has 0 radical (unpaired) electrons. The highest BCUT2D eigenvalue weighted by atomic mass is 19.4. The van der Waals surface area contributed by atoms with Gasteiger partial charge in [-0.2, -0.15) is 18.2 Å². The molecule has 13 heteroatoms. The minimum absolute atomic E-state index is 0.0573. The van der Waals surface area contributed by atoms with Gasteiger partial charge in [0, 0.05) is 42.5 Å². The summed E-state index contributed by atoms with van der Waals surface area (Å²) in [6.07, 6.45) is -3.06. The first-order chi connectivity index (χ1) is 21.6. The van der Waals surface area contributed by atoms with Crippen LogP contribution < -0.4 is 10.6 Å². The molecule has 0 atom stereocenters. The third-order valence-corrected chi connectivity index (χ3v) is 7.29. The molecule has 6 rings (SSSR count). The summed E-state index contributed by atoms with van der Waals surface area (Å²) in [6, 6.07) is 19.5. The first kappa shape index (κ1) is 29.8. The number of alkyl halides is 3. The number of carbonyl (C=O) groups is 2. The highest BCUT2D eigenvalue weighted by Crippen LogP contribution is 2.37. The Morgan fingerprint density at radius 1 is 0.867 bits per heavy atom. The fourth-order valence-corrected chi connectivity index (χ4v) is 4.90. The zero-order valence-electron chi connectivity index (χ0n) is 23.6. The topological polar surface area (TPSA) is 101 Å². The maximum Gasteiger partial charge on any atom is 0.418 e.